The number of ether oxygens (including phenoxy) is 1. The van der Waals surface area contributed by atoms with Gasteiger partial charge in [-0.3, -0.25) is 4.79 Å². The van der Waals surface area contributed by atoms with Crippen molar-refractivity contribution >= 4 is 6.41 Å². The van der Waals surface area contributed by atoms with Crippen molar-refractivity contribution in [2.24, 2.45) is 0 Å². The zero-order valence-electron chi connectivity index (χ0n) is 9.64. The zero-order valence-corrected chi connectivity index (χ0v) is 9.64. The third kappa shape index (κ3) is 1.87. The van der Waals surface area contributed by atoms with Gasteiger partial charge in [-0.05, 0) is 31.4 Å². The molecule has 86 valence electrons. The second-order valence-electron chi connectivity index (χ2n) is 4.10. The molecule has 0 unspecified atom stereocenters. The molecule has 0 aliphatic carbocycles. The minimum absolute atomic E-state index is 0.189. The van der Waals surface area contributed by atoms with E-state index >= 15 is 0 Å². The van der Waals surface area contributed by atoms with Crippen LogP contribution < -0.4 is 4.74 Å². The van der Waals surface area contributed by atoms with Crippen molar-refractivity contribution in [3.05, 3.63) is 23.4 Å². The molecule has 1 atom stereocenters. The number of aryl methyl sites for hydroxylation is 1. The van der Waals surface area contributed by atoms with E-state index in [1.807, 2.05) is 11.8 Å². The fourth-order valence-electron chi connectivity index (χ4n) is 2.25. The Morgan fingerprint density at radius 3 is 3.06 bits per heavy atom. The molecular formula is C12H16N2O2. The van der Waals surface area contributed by atoms with E-state index in [1.54, 1.807) is 13.3 Å². The quantitative estimate of drug-likeness (QED) is 0.728. The van der Waals surface area contributed by atoms with Crippen LogP contribution in [0.5, 0.6) is 5.88 Å². The van der Waals surface area contributed by atoms with Gasteiger partial charge < -0.3 is 9.64 Å². The van der Waals surface area contributed by atoms with Gasteiger partial charge in [-0.2, -0.15) is 0 Å². The zero-order chi connectivity index (χ0) is 11.5. The first-order chi connectivity index (χ1) is 7.76. The minimum atomic E-state index is 0.189. The number of likely N-dealkylation sites (tertiary alicyclic amines) is 1. The third-order valence-corrected chi connectivity index (χ3v) is 3.06. The molecule has 0 radical (unpaired) electrons. The third-order valence-electron chi connectivity index (χ3n) is 3.06. The molecule has 0 saturated carbocycles. The highest BCUT2D eigenvalue weighted by Gasteiger charge is 2.25. The topological polar surface area (TPSA) is 42.4 Å². The monoisotopic (exact) mass is 220 g/mol. The van der Waals surface area contributed by atoms with Crippen LogP contribution in [0.2, 0.25) is 0 Å². The Labute approximate surface area is 95.2 Å². The van der Waals surface area contributed by atoms with Gasteiger partial charge in [0.2, 0.25) is 12.3 Å². The Morgan fingerprint density at radius 2 is 2.44 bits per heavy atom. The summed E-state index contributed by atoms with van der Waals surface area (Å²) < 4.78 is 5.12. The van der Waals surface area contributed by atoms with Crippen LogP contribution in [0.25, 0.3) is 0 Å². The summed E-state index contributed by atoms with van der Waals surface area (Å²) >= 11 is 0. The highest BCUT2D eigenvalue weighted by molar-refractivity contribution is 5.49. The molecule has 2 heterocycles. The molecule has 1 aromatic rings. The first kappa shape index (κ1) is 10.9. The van der Waals surface area contributed by atoms with Crippen LogP contribution in [-0.4, -0.2) is 29.9 Å². The molecule has 1 saturated heterocycles. The number of carbonyl (C=O) groups is 1. The van der Waals surface area contributed by atoms with Gasteiger partial charge in [-0.15, -0.1) is 0 Å². The van der Waals surface area contributed by atoms with Crippen molar-refractivity contribution in [2.45, 2.75) is 25.8 Å². The van der Waals surface area contributed by atoms with Crippen molar-refractivity contribution in [2.75, 3.05) is 13.7 Å². The predicted octanol–water partition coefficient (Wildman–Crippen LogP) is 1.69. The number of methoxy groups -OCH3 is 1. The Kier molecular flexibility index (Phi) is 3.08. The number of pyridine rings is 1. The average molecular weight is 220 g/mol. The second kappa shape index (κ2) is 4.51. The summed E-state index contributed by atoms with van der Waals surface area (Å²) in [5.74, 6) is 0.652. The number of carbonyl (C=O) groups excluding carboxylic acids is 1. The van der Waals surface area contributed by atoms with Crippen LogP contribution in [0, 0.1) is 6.92 Å². The van der Waals surface area contributed by atoms with Gasteiger partial charge in [-0.25, -0.2) is 4.98 Å². The lowest BCUT2D eigenvalue weighted by Crippen LogP contribution is -2.21. The number of rotatable bonds is 3. The maximum absolute atomic E-state index is 10.9. The van der Waals surface area contributed by atoms with Gasteiger partial charge in [0.05, 0.1) is 13.2 Å². The molecule has 16 heavy (non-hydrogen) atoms. The van der Waals surface area contributed by atoms with Crippen LogP contribution in [0.4, 0.5) is 0 Å². The first-order valence-corrected chi connectivity index (χ1v) is 5.48. The summed E-state index contributed by atoms with van der Waals surface area (Å²) in [5, 5.41) is 0. The lowest BCUT2D eigenvalue weighted by atomic mass is 10.1. The molecule has 4 heteroatoms. The van der Waals surface area contributed by atoms with Crippen LogP contribution >= 0.6 is 0 Å². The van der Waals surface area contributed by atoms with E-state index in [2.05, 4.69) is 11.1 Å². The van der Waals surface area contributed by atoms with Gasteiger partial charge in [-0.1, -0.05) is 0 Å². The molecule has 0 spiro atoms. The molecule has 1 amide bonds. The van der Waals surface area contributed by atoms with Gasteiger partial charge in [0.1, 0.15) is 0 Å². The van der Waals surface area contributed by atoms with Crippen LogP contribution in [0.15, 0.2) is 12.3 Å². The van der Waals surface area contributed by atoms with Crippen molar-refractivity contribution in [1.82, 2.24) is 9.88 Å². The molecule has 0 N–H and O–H groups in total. The van der Waals surface area contributed by atoms with Crippen molar-refractivity contribution < 1.29 is 9.53 Å². The van der Waals surface area contributed by atoms with Crippen molar-refractivity contribution in [1.29, 1.82) is 0 Å². The highest BCUT2D eigenvalue weighted by Crippen LogP contribution is 2.31. The van der Waals surface area contributed by atoms with Gasteiger partial charge >= 0.3 is 0 Å². The predicted molar refractivity (Wildman–Crippen MR) is 60.3 cm³/mol. The maximum Gasteiger partial charge on any atom is 0.215 e. The van der Waals surface area contributed by atoms with Gasteiger partial charge in [0.15, 0.2) is 0 Å². The molecular weight excluding hydrogens is 204 g/mol. The molecule has 1 aromatic heterocycles. The van der Waals surface area contributed by atoms with Gasteiger partial charge in [0, 0.05) is 18.3 Å². The summed E-state index contributed by atoms with van der Waals surface area (Å²) in [6.07, 6.45) is 4.82. The molecule has 1 aliphatic heterocycles. The number of amides is 1. The highest BCUT2D eigenvalue weighted by atomic mass is 16.5. The molecule has 4 nitrogen and oxygen atoms in total. The normalized spacial score (nSPS) is 19.9. The fraction of sp³-hybridized carbons (Fsp3) is 0.500. The van der Waals surface area contributed by atoms with E-state index in [4.69, 9.17) is 4.74 Å². The van der Waals surface area contributed by atoms with Crippen molar-refractivity contribution in [3.63, 3.8) is 0 Å². The van der Waals surface area contributed by atoms with E-state index < -0.39 is 0 Å². The largest absolute Gasteiger partial charge is 0.481 e. The molecule has 2 rings (SSSR count). The average Bonchev–Trinajstić information content (AvgIpc) is 2.77. The molecule has 0 bridgehead atoms. The fourth-order valence-corrected chi connectivity index (χ4v) is 2.25. The lowest BCUT2D eigenvalue weighted by Gasteiger charge is -2.20. The van der Waals surface area contributed by atoms with Crippen LogP contribution in [-0.2, 0) is 4.79 Å². The number of hydrogen-bond acceptors (Lipinski definition) is 3. The summed E-state index contributed by atoms with van der Waals surface area (Å²) in [6.45, 7) is 2.81. The second-order valence-corrected chi connectivity index (χ2v) is 4.10. The number of aromatic nitrogens is 1. The maximum atomic E-state index is 10.9. The van der Waals surface area contributed by atoms with Gasteiger partial charge in [0.25, 0.3) is 0 Å². The summed E-state index contributed by atoms with van der Waals surface area (Å²) in [7, 11) is 1.61. The summed E-state index contributed by atoms with van der Waals surface area (Å²) in [4.78, 5) is 17.0. The van der Waals surface area contributed by atoms with E-state index in [1.165, 1.54) is 0 Å². The molecule has 1 fully saturated rings. The van der Waals surface area contributed by atoms with E-state index in [0.717, 1.165) is 36.9 Å². The molecule has 1 aliphatic rings. The Hall–Kier alpha value is -1.58. The van der Waals surface area contributed by atoms with Crippen LogP contribution in [0.1, 0.15) is 30.0 Å². The summed E-state index contributed by atoms with van der Waals surface area (Å²) in [6, 6.07) is 2.24. The van der Waals surface area contributed by atoms with Crippen molar-refractivity contribution in [3.8, 4) is 5.88 Å². The standard InChI is InChI=1S/C12H16N2O2/c1-9-6-10(7-13-12(9)16-2)11-4-3-5-14(11)8-15/h6-8,11H,3-5H2,1-2H3/t11-/m0/s1. The number of nitrogens with zero attached hydrogens (tertiary/aromatic N) is 2. The first-order valence-electron chi connectivity index (χ1n) is 5.48. The van der Waals surface area contributed by atoms with E-state index in [-0.39, 0.29) is 6.04 Å². The number of hydrogen-bond donors (Lipinski definition) is 0. The molecule has 0 aromatic carbocycles. The lowest BCUT2D eigenvalue weighted by molar-refractivity contribution is -0.118. The Bertz CT molecular complexity index is 393. The van der Waals surface area contributed by atoms with E-state index in [9.17, 15) is 4.79 Å². The minimum Gasteiger partial charge on any atom is -0.481 e. The Balaban J connectivity index is 2.27. The smallest absolute Gasteiger partial charge is 0.215 e. The SMILES string of the molecule is COc1ncc([C@@H]2CCCN2C=O)cc1C. The summed E-state index contributed by atoms with van der Waals surface area (Å²) in [5.41, 5.74) is 2.11. The Morgan fingerprint density at radius 1 is 1.62 bits per heavy atom. The van der Waals surface area contributed by atoms with Crippen LogP contribution in [0.3, 0.4) is 0 Å². The van der Waals surface area contributed by atoms with E-state index in [0.29, 0.717) is 5.88 Å².